The molecule has 1 aromatic carbocycles. The second-order valence-corrected chi connectivity index (χ2v) is 9.85. The number of methoxy groups -OCH3 is 1. The van der Waals surface area contributed by atoms with Gasteiger partial charge in [0.15, 0.2) is 11.6 Å². The number of esters is 1. The van der Waals surface area contributed by atoms with Crippen molar-refractivity contribution in [1.29, 1.82) is 0 Å². The number of hydrogen-bond donors (Lipinski definition) is 0. The highest BCUT2D eigenvalue weighted by molar-refractivity contribution is 7.89. The quantitative estimate of drug-likeness (QED) is 0.477. The average Bonchev–Trinajstić information content (AvgIpc) is 3.22. The Bertz CT molecular complexity index is 903. The SMILES string of the molecule is COC(=O)[C@@H]1CCCN1S(=O)(=O)c1ccc(C)c(F)c1O[C@@H]1CCC[C@H](CC=O)C1. The number of carbonyl (C=O) groups excluding carboxylic acids is 2. The van der Waals surface area contributed by atoms with Gasteiger partial charge in [-0.1, -0.05) is 6.07 Å². The van der Waals surface area contributed by atoms with E-state index < -0.39 is 27.9 Å². The number of aldehydes is 1. The smallest absolute Gasteiger partial charge is 0.324 e. The molecule has 1 saturated heterocycles. The summed E-state index contributed by atoms with van der Waals surface area (Å²) in [5.74, 6) is -1.50. The molecule has 166 valence electrons. The van der Waals surface area contributed by atoms with E-state index in [2.05, 4.69) is 0 Å². The van der Waals surface area contributed by atoms with Gasteiger partial charge in [-0.05, 0) is 63.0 Å². The standard InChI is InChI=1S/C21H28FNO6S/c1-14-8-9-18(30(26,27)23-11-4-7-17(23)21(25)28-2)20(19(14)22)29-16-6-3-5-15(13-16)10-12-24/h8-9,12,15-17H,3-7,10-11,13H2,1-2H3/t15-,16-,17+/m1/s1. The van der Waals surface area contributed by atoms with E-state index in [-0.39, 0.29) is 34.8 Å². The number of halogens is 1. The van der Waals surface area contributed by atoms with Gasteiger partial charge in [0.2, 0.25) is 10.0 Å². The number of nitrogens with zero attached hydrogens (tertiary/aromatic N) is 1. The number of rotatable bonds is 7. The third-order valence-electron chi connectivity index (χ3n) is 5.97. The fraction of sp³-hybridized carbons (Fsp3) is 0.619. The van der Waals surface area contributed by atoms with Gasteiger partial charge >= 0.3 is 5.97 Å². The summed E-state index contributed by atoms with van der Waals surface area (Å²) in [4.78, 5) is 22.6. The maximum atomic E-state index is 15.0. The molecule has 1 aliphatic heterocycles. The topological polar surface area (TPSA) is 90.0 Å². The van der Waals surface area contributed by atoms with E-state index in [0.29, 0.717) is 32.1 Å². The van der Waals surface area contributed by atoms with Gasteiger partial charge in [-0.2, -0.15) is 4.31 Å². The molecule has 7 nitrogen and oxygen atoms in total. The van der Waals surface area contributed by atoms with E-state index >= 15 is 4.39 Å². The molecule has 0 radical (unpaired) electrons. The molecule has 3 rings (SSSR count). The summed E-state index contributed by atoms with van der Waals surface area (Å²) >= 11 is 0. The van der Waals surface area contributed by atoms with E-state index in [4.69, 9.17) is 9.47 Å². The molecule has 0 amide bonds. The maximum Gasteiger partial charge on any atom is 0.324 e. The Labute approximate surface area is 176 Å². The fourth-order valence-corrected chi connectivity index (χ4v) is 6.10. The molecule has 1 aromatic rings. The number of benzene rings is 1. The molecule has 0 N–H and O–H groups in total. The Morgan fingerprint density at radius 3 is 2.73 bits per heavy atom. The van der Waals surface area contributed by atoms with Crippen LogP contribution in [-0.2, 0) is 24.3 Å². The predicted molar refractivity (Wildman–Crippen MR) is 107 cm³/mol. The lowest BCUT2D eigenvalue weighted by Crippen LogP contribution is -2.41. The summed E-state index contributed by atoms with van der Waals surface area (Å²) in [6.45, 7) is 1.70. The lowest BCUT2D eigenvalue weighted by Gasteiger charge is -2.30. The highest BCUT2D eigenvalue weighted by Crippen LogP contribution is 2.37. The van der Waals surface area contributed by atoms with Crippen molar-refractivity contribution >= 4 is 22.3 Å². The largest absolute Gasteiger partial charge is 0.486 e. The molecular weight excluding hydrogens is 413 g/mol. The van der Waals surface area contributed by atoms with Gasteiger partial charge in [0.25, 0.3) is 0 Å². The van der Waals surface area contributed by atoms with Crippen LogP contribution in [0.4, 0.5) is 4.39 Å². The first-order valence-electron chi connectivity index (χ1n) is 10.3. The summed E-state index contributed by atoms with van der Waals surface area (Å²) in [6, 6.07) is 1.80. The van der Waals surface area contributed by atoms with E-state index in [1.165, 1.54) is 19.2 Å². The molecule has 30 heavy (non-hydrogen) atoms. The van der Waals surface area contributed by atoms with Gasteiger partial charge in [-0.3, -0.25) is 4.79 Å². The highest BCUT2D eigenvalue weighted by atomic mass is 32.2. The molecule has 3 atom stereocenters. The predicted octanol–water partition coefficient (Wildman–Crippen LogP) is 2.99. The Kier molecular flexibility index (Phi) is 7.13. The minimum Gasteiger partial charge on any atom is -0.486 e. The average molecular weight is 442 g/mol. The van der Waals surface area contributed by atoms with Crippen LogP contribution in [0.15, 0.2) is 17.0 Å². The molecule has 9 heteroatoms. The molecule has 0 unspecified atom stereocenters. The van der Waals surface area contributed by atoms with Crippen LogP contribution >= 0.6 is 0 Å². The van der Waals surface area contributed by atoms with Crippen molar-refractivity contribution in [3.63, 3.8) is 0 Å². The van der Waals surface area contributed by atoms with Crippen molar-refractivity contribution in [2.75, 3.05) is 13.7 Å². The number of aryl methyl sites for hydroxylation is 1. The zero-order valence-electron chi connectivity index (χ0n) is 17.3. The Morgan fingerprint density at radius 2 is 2.03 bits per heavy atom. The van der Waals surface area contributed by atoms with Gasteiger partial charge < -0.3 is 14.3 Å². The van der Waals surface area contributed by atoms with Crippen LogP contribution in [0, 0.1) is 18.7 Å². The van der Waals surface area contributed by atoms with Crippen molar-refractivity contribution in [2.45, 2.75) is 68.9 Å². The summed E-state index contributed by atoms with van der Waals surface area (Å²) in [5, 5.41) is 0. The molecule has 0 aromatic heterocycles. The third-order valence-corrected chi connectivity index (χ3v) is 7.90. The van der Waals surface area contributed by atoms with Crippen LogP contribution < -0.4 is 4.74 Å². The summed E-state index contributed by atoms with van der Waals surface area (Å²) in [6.07, 6.45) is 4.74. The van der Waals surface area contributed by atoms with Crippen molar-refractivity contribution in [1.82, 2.24) is 4.31 Å². The van der Waals surface area contributed by atoms with Crippen LogP contribution in [0.25, 0.3) is 0 Å². The zero-order valence-corrected chi connectivity index (χ0v) is 18.1. The summed E-state index contributed by atoms with van der Waals surface area (Å²) in [5.41, 5.74) is 0.273. The lowest BCUT2D eigenvalue weighted by molar-refractivity contribution is -0.144. The summed E-state index contributed by atoms with van der Waals surface area (Å²) in [7, 11) is -2.96. The molecule has 0 spiro atoms. The lowest BCUT2D eigenvalue weighted by atomic mass is 9.85. The first-order valence-corrected chi connectivity index (χ1v) is 11.7. The Morgan fingerprint density at radius 1 is 1.27 bits per heavy atom. The van der Waals surface area contributed by atoms with Gasteiger partial charge in [0.1, 0.15) is 17.2 Å². The number of ether oxygens (including phenoxy) is 2. The van der Waals surface area contributed by atoms with Crippen LogP contribution in [0.3, 0.4) is 0 Å². The normalized spacial score (nSPS) is 25.1. The van der Waals surface area contributed by atoms with Crippen molar-refractivity contribution < 1.29 is 31.9 Å². The van der Waals surface area contributed by atoms with Crippen LogP contribution in [0.5, 0.6) is 5.75 Å². The number of carbonyl (C=O) groups is 2. The van der Waals surface area contributed by atoms with E-state index in [1.54, 1.807) is 6.92 Å². The molecular formula is C21H28FNO6S. The third kappa shape index (κ3) is 4.51. The Balaban J connectivity index is 1.94. The van der Waals surface area contributed by atoms with Crippen LogP contribution in [0.1, 0.15) is 50.5 Å². The molecule has 0 bridgehead atoms. The number of hydrogen-bond acceptors (Lipinski definition) is 6. The van der Waals surface area contributed by atoms with E-state index in [1.807, 2.05) is 0 Å². The highest BCUT2D eigenvalue weighted by Gasteiger charge is 2.42. The monoisotopic (exact) mass is 441 g/mol. The molecule has 1 heterocycles. The van der Waals surface area contributed by atoms with Crippen LogP contribution in [0.2, 0.25) is 0 Å². The van der Waals surface area contributed by atoms with Gasteiger partial charge in [-0.15, -0.1) is 0 Å². The first-order chi connectivity index (χ1) is 14.3. The van der Waals surface area contributed by atoms with Gasteiger partial charge in [0.05, 0.1) is 13.2 Å². The van der Waals surface area contributed by atoms with Crippen molar-refractivity contribution in [3.8, 4) is 5.75 Å². The molecule has 1 aliphatic carbocycles. The Hall–Kier alpha value is -2.00. The van der Waals surface area contributed by atoms with E-state index in [9.17, 15) is 18.0 Å². The van der Waals surface area contributed by atoms with Gasteiger partial charge in [0, 0.05) is 13.0 Å². The number of sulfonamides is 1. The zero-order chi connectivity index (χ0) is 21.9. The van der Waals surface area contributed by atoms with Crippen molar-refractivity contribution in [2.24, 2.45) is 5.92 Å². The molecule has 2 aliphatic rings. The second kappa shape index (κ2) is 9.43. The maximum absolute atomic E-state index is 15.0. The van der Waals surface area contributed by atoms with Gasteiger partial charge in [-0.25, -0.2) is 12.8 Å². The van der Waals surface area contributed by atoms with Crippen LogP contribution in [-0.4, -0.2) is 50.8 Å². The fourth-order valence-electron chi connectivity index (χ4n) is 4.34. The second-order valence-electron chi connectivity index (χ2n) is 8.00. The van der Waals surface area contributed by atoms with Crippen molar-refractivity contribution in [3.05, 3.63) is 23.5 Å². The first kappa shape index (κ1) is 22.7. The van der Waals surface area contributed by atoms with E-state index in [0.717, 1.165) is 23.4 Å². The summed E-state index contributed by atoms with van der Waals surface area (Å²) < 4.78 is 53.6. The minimum atomic E-state index is -4.18. The molecule has 1 saturated carbocycles. The minimum absolute atomic E-state index is 0.150. The molecule has 2 fully saturated rings.